The van der Waals surface area contributed by atoms with Crippen LogP contribution in [0, 0.1) is 0 Å². The van der Waals surface area contributed by atoms with Gasteiger partial charge in [0, 0.05) is 13.1 Å². The van der Waals surface area contributed by atoms with Gasteiger partial charge in [0.2, 0.25) is 0 Å². The molecule has 42 heavy (non-hydrogen) atoms. The first kappa shape index (κ1) is 33.8. The Kier molecular flexibility index (Phi) is 11.4. The monoisotopic (exact) mass is 623 g/mol. The number of benzene rings is 2. The van der Waals surface area contributed by atoms with E-state index < -0.39 is 28.5 Å². The standard InChI is InChI=1S/C19H19ClF3N3O.C12H18N2.ClH/c1-26-11-5-10-18(12-26,13-6-3-2-4-7-13)25-17(27)14-8-9-15(19(21,22)23)24-16(14)20;1-14-9-5-8-12(13,10-14)11-6-3-2-4-7-11;/h2-4,6-9H,5,10-12H2,1H3,(H,25,27);2-4,6-7H,5,8-10,13H2,1H3;1H. The van der Waals surface area contributed by atoms with Crippen LogP contribution < -0.4 is 11.1 Å². The number of likely N-dealkylation sites (tertiary alicyclic amines) is 2. The number of nitrogens with two attached hydrogens (primary N) is 1. The minimum atomic E-state index is -4.62. The zero-order chi connectivity index (χ0) is 29.7. The fourth-order valence-corrected chi connectivity index (χ4v) is 6.03. The molecule has 0 radical (unpaired) electrons. The summed E-state index contributed by atoms with van der Waals surface area (Å²) in [5.41, 5.74) is 6.67. The number of aromatic nitrogens is 1. The maximum Gasteiger partial charge on any atom is 0.433 e. The van der Waals surface area contributed by atoms with Crippen molar-refractivity contribution in [1.29, 1.82) is 0 Å². The van der Waals surface area contributed by atoms with Crippen molar-refractivity contribution in [3.8, 4) is 0 Å². The third-order valence-electron chi connectivity index (χ3n) is 7.81. The quantitative estimate of drug-likeness (QED) is 0.344. The van der Waals surface area contributed by atoms with Crippen LogP contribution in [0.5, 0.6) is 0 Å². The van der Waals surface area contributed by atoms with Crippen molar-refractivity contribution in [2.75, 3.05) is 40.3 Å². The van der Waals surface area contributed by atoms with Gasteiger partial charge in [-0.15, -0.1) is 12.4 Å². The zero-order valence-corrected chi connectivity index (χ0v) is 25.4. The van der Waals surface area contributed by atoms with Crippen molar-refractivity contribution in [2.24, 2.45) is 5.73 Å². The van der Waals surface area contributed by atoms with Crippen molar-refractivity contribution >= 4 is 29.9 Å². The molecule has 3 N–H and O–H groups in total. The number of halogens is 5. The number of carbonyl (C=O) groups excluding carboxylic acids is 1. The number of hydrogen-bond acceptors (Lipinski definition) is 5. The summed E-state index contributed by atoms with van der Waals surface area (Å²) in [6.45, 7) is 3.64. The Hall–Kier alpha value is -2.69. The molecule has 1 amide bonds. The van der Waals surface area contributed by atoms with Crippen molar-refractivity contribution < 1.29 is 18.0 Å². The van der Waals surface area contributed by atoms with Crippen LogP contribution in [-0.2, 0) is 17.3 Å². The minimum Gasteiger partial charge on any atom is -0.341 e. The Labute approximate surface area is 256 Å². The molecule has 228 valence electrons. The molecule has 0 saturated carbocycles. The second-order valence-corrected chi connectivity index (χ2v) is 11.5. The van der Waals surface area contributed by atoms with Gasteiger partial charge in [-0.05, 0) is 76.1 Å². The molecule has 2 saturated heterocycles. The zero-order valence-electron chi connectivity index (χ0n) is 23.8. The molecule has 1 aromatic heterocycles. The number of nitrogens with zero attached hydrogens (tertiary/aromatic N) is 3. The van der Waals surface area contributed by atoms with Gasteiger partial charge in [-0.1, -0.05) is 72.3 Å². The summed E-state index contributed by atoms with van der Waals surface area (Å²) >= 11 is 5.89. The van der Waals surface area contributed by atoms with Gasteiger partial charge in [-0.25, -0.2) is 4.98 Å². The Morgan fingerprint density at radius 2 is 1.43 bits per heavy atom. The van der Waals surface area contributed by atoms with Gasteiger partial charge < -0.3 is 20.9 Å². The Morgan fingerprint density at radius 1 is 0.881 bits per heavy atom. The van der Waals surface area contributed by atoms with Gasteiger partial charge in [0.15, 0.2) is 0 Å². The average Bonchev–Trinajstić information content (AvgIpc) is 2.94. The molecule has 2 aliphatic heterocycles. The minimum absolute atomic E-state index is 0. The number of piperidine rings is 2. The summed E-state index contributed by atoms with van der Waals surface area (Å²) < 4.78 is 38.3. The first-order valence-corrected chi connectivity index (χ1v) is 14.1. The highest BCUT2D eigenvalue weighted by Crippen LogP contribution is 2.33. The number of alkyl halides is 3. The number of rotatable bonds is 4. The molecule has 3 heterocycles. The average molecular weight is 625 g/mol. The molecular formula is C31H38Cl2F3N5O. The summed E-state index contributed by atoms with van der Waals surface area (Å²) in [5, 5.41) is 2.54. The molecule has 2 aromatic carbocycles. The van der Waals surface area contributed by atoms with E-state index in [2.05, 4.69) is 51.4 Å². The van der Waals surface area contributed by atoms with Gasteiger partial charge in [0.1, 0.15) is 10.8 Å². The molecule has 6 nitrogen and oxygen atoms in total. The van der Waals surface area contributed by atoms with Gasteiger partial charge in [0.05, 0.1) is 16.6 Å². The van der Waals surface area contributed by atoms with Crippen LogP contribution >= 0.6 is 24.0 Å². The van der Waals surface area contributed by atoms with E-state index in [-0.39, 0.29) is 23.5 Å². The van der Waals surface area contributed by atoms with Crippen LogP contribution in [0.1, 0.15) is 52.9 Å². The lowest BCUT2D eigenvalue weighted by atomic mass is 9.82. The highest BCUT2D eigenvalue weighted by molar-refractivity contribution is 6.32. The predicted octanol–water partition coefficient (Wildman–Crippen LogP) is 6.09. The number of pyridine rings is 1. The number of likely N-dealkylation sites (N-methyl/N-ethyl adjacent to an activating group) is 2. The van der Waals surface area contributed by atoms with E-state index in [4.69, 9.17) is 17.3 Å². The second-order valence-electron chi connectivity index (χ2n) is 11.1. The Balaban J connectivity index is 0.000000272. The molecule has 0 aliphatic carbocycles. The normalized spacial score (nSPS) is 23.2. The van der Waals surface area contributed by atoms with Crippen LogP contribution in [0.3, 0.4) is 0 Å². The third-order valence-corrected chi connectivity index (χ3v) is 8.10. The van der Waals surface area contributed by atoms with E-state index in [1.165, 1.54) is 18.5 Å². The lowest BCUT2D eigenvalue weighted by Gasteiger charge is -2.42. The molecule has 11 heteroatoms. The molecule has 2 atom stereocenters. The number of carbonyl (C=O) groups is 1. The molecule has 5 rings (SSSR count). The lowest BCUT2D eigenvalue weighted by Crippen LogP contribution is -2.55. The topological polar surface area (TPSA) is 74.5 Å². The highest BCUT2D eigenvalue weighted by Gasteiger charge is 2.39. The summed E-state index contributed by atoms with van der Waals surface area (Å²) in [6, 6.07) is 21.8. The molecule has 3 aromatic rings. The third kappa shape index (κ3) is 8.23. The summed E-state index contributed by atoms with van der Waals surface area (Å²) in [4.78, 5) is 20.6. The molecule has 2 aliphatic rings. The number of nitrogens with one attached hydrogen (secondary N) is 1. The van der Waals surface area contributed by atoms with Gasteiger partial charge >= 0.3 is 6.18 Å². The highest BCUT2D eigenvalue weighted by atomic mass is 35.5. The first-order chi connectivity index (χ1) is 19.4. The van der Waals surface area contributed by atoms with Crippen LogP contribution in [0.25, 0.3) is 0 Å². The fraction of sp³-hybridized carbons (Fsp3) is 0.419. The van der Waals surface area contributed by atoms with Crippen molar-refractivity contribution in [1.82, 2.24) is 20.1 Å². The lowest BCUT2D eigenvalue weighted by molar-refractivity contribution is -0.141. The Morgan fingerprint density at radius 3 is 1.95 bits per heavy atom. The summed E-state index contributed by atoms with van der Waals surface area (Å²) in [6.07, 6.45) is -0.720. The van der Waals surface area contributed by atoms with E-state index >= 15 is 0 Å². The summed E-state index contributed by atoms with van der Waals surface area (Å²) in [7, 11) is 4.11. The van der Waals surface area contributed by atoms with Crippen LogP contribution in [-0.4, -0.2) is 61.0 Å². The van der Waals surface area contributed by atoms with Crippen molar-refractivity contribution in [3.05, 3.63) is 100 Å². The van der Waals surface area contributed by atoms with Crippen LogP contribution in [0.4, 0.5) is 13.2 Å². The van der Waals surface area contributed by atoms with Crippen LogP contribution in [0.2, 0.25) is 5.15 Å². The maximum atomic E-state index is 12.8. The summed E-state index contributed by atoms with van der Waals surface area (Å²) in [5.74, 6) is -0.541. The van der Waals surface area contributed by atoms with E-state index in [0.29, 0.717) is 6.54 Å². The largest absolute Gasteiger partial charge is 0.433 e. The SMILES string of the molecule is CN1CCCC(N)(c2ccccc2)C1.CN1CCCC(NC(=O)c2ccc(C(F)(F)F)nc2Cl)(c2ccccc2)C1.Cl. The van der Waals surface area contributed by atoms with E-state index in [9.17, 15) is 18.0 Å². The fourth-order valence-electron chi connectivity index (χ4n) is 5.79. The van der Waals surface area contributed by atoms with Crippen molar-refractivity contribution in [2.45, 2.75) is 42.9 Å². The van der Waals surface area contributed by atoms with Gasteiger partial charge in [-0.2, -0.15) is 13.2 Å². The first-order valence-electron chi connectivity index (χ1n) is 13.8. The molecule has 0 bridgehead atoms. The number of hydrogen-bond donors (Lipinski definition) is 2. The van der Waals surface area contributed by atoms with Gasteiger partial charge in [0.25, 0.3) is 5.91 Å². The van der Waals surface area contributed by atoms with Crippen LogP contribution in [0.15, 0.2) is 72.8 Å². The van der Waals surface area contributed by atoms with E-state index in [1.807, 2.05) is 43.4 Å². The smallest absolute Gasteiger partial charge is 0.341 e. The maximum absolute atomic E-state index is 12.8. The van der Waals surface area contributed by atoms with Crippen molar-refractivity contribution in [3.63, 3.8) is 0 Å². The van der Waals surface area contributed by atoms with E-state index in [0.717, 1.165) is 50.0 Å². The molecule has 0 spiro atoms. The predicted molar refractivity (Wildman–Crippen MR) is 163 cm³/mol. The van der Waals surface area contributed by atoms with E-state index in [1.54, 1.807) is 0 Å². The number of amides is 1. The molecular weight excluding hydrogens is 586 g/mol. The Bertz CT molecular complexity index is 1310. The molecule has 2 unspecified atom stereocenters. The van der Waals surface area contributed by atoms with Gasteiger partial charge in [-0.3, -0.25) is 4.79 Å². The second kappa shape index (κ2) is 14.2. The molecule has 2 fully saturated rings.